The van der Waals surface area contributed by atoms with Crippen molar-refractivity contribution in [1.82, 2.24) is 16.0 Å². The molecule has 0 aliphatic heterocycles. The van der Waals surface area contributed by atoms with Crippen molar-refractivity contribution >= 4 is 29.6 Å². The number of nitrogens with one attached hydrogen (secondary N) is 3. The number of aliphatic hydroxyl groups excluding tert-OH is 1. The number of carboxylic acids is 1. The Morgan fingerprint density at radius 2 is 1.38 bits per heavy atom. The fourth-order valence-electron chi connectivity index (χ4n) is 3.78. The van der Waals surface area contributed by atoms with Crippen LogP contribution in [0.1, 0.15) is 30.9 Å². The summed E-state index contributed by atoms with van der Waals surface area (Å²) in [5.74, 6) is -4.63. The number of aliphatic carboxylic acids is 1. The number of carbonyl (C=O) groups is 5. The zero-order valence-corrected chi connectivity index (χ0v) is 21.9. The number of hydrogen-bond acceptors (Lipinski definition) is 8. The Bertz CT molecular complexity index is 1170. The number of carboxylic acid groups (broad SMARTS) is 1. The molecule has 0 fully saturated rings. The molecule has 5 atom stereocenters. The smallest absolute Gasteiger partial charge is 0.326 e. The van der Waals surface area contributed by atoms with Crippen molar-refractivity contribution in [2.75, 3.05) is 0 Å². The summed E-state index contributed by atoms with van der Waals surface area (Å²) in [6.07, 6.45) is -1.92. The van der Waals surface area contributed by atoms with E-state index in [0.29, 0.717) is 11.1 Å². The number of primary amides is 1. The lowest BCUT2D eigenvalue weighted by Gasteiger charge is -2.26. The summed E-state index contributed by atoms with van der Waals surface area (Å²) in [6, 6.07) is 9.20. The summed E-state index contributed by atoms with van der Waals surface area (Å²) in [7, 11) is 0. The van der Waals surface area contributed by atoms with E-state index in [1.54, 1.807) is 42.5 Å². The zero-order chi connectivity index (χ0) is 29.8. The van der Waals surface area contributed by atoms with E-state index in [1.165, 1.54) is 19.1 Å². The van der Waals surface area contributed by atoms with Gasteiger partial charge in [0.05, 0.1) is 12.1 Å². The lowest BCUT2D eigenvalue weighted by atomic mass is 10.0. The van der Waals surface area contributed by atoms with Gasteiger partial charge < -0.3 is 42.7 Å². The van der Waals surface area contributed by atoms with Crippen LogP contribution in [0.2, 0.25) is 0 Å². The Labute approximate surface area is 230 Å². The number of phenolic OH excluding ortho intramolecular Hbond substituents is 1. The topological polar surface area (TPSA) is 234 Å². The molecule has 0 bridgehead atoms. The molecule has 0 aliphatic rings. The van der Waals surface area contributed by atoms with E-state index in [9.17, 15) is 39.3 Å². The Balaban J connectivity index is 2.11. The van der Waals surface area contributed by atoms with Crippen LogP contribution < -0.4 is 27.4 Å². The number of aromatic hydroxyl groups is 1. The summed E-state index contributed by atoms with van der Waals surface area (Å²) in [4.78, 5) is 61.9. The Morgan fingerprint density at radius 3 is 1.93 bits per heavy atom. The van der Waals surface area contributed by atoms with Gasteiger partial charge in [0.25, 0.3) is 0 Å². The maximum Gasteiger partial charge on any atom is 0.326 e. The van der Waals surface area contributed by atoms with Crippen molar-refractivity contribution in [3.63, 3.8) is 0 Å². The Kier molecular flexibility index (Phi) is 12.0. The maximum absolute atomic E-state index is 13.1. The molecule has 2 rings (SSSR count). The summed E-state index contributed by atoms with van der Waals surface area (Å²) >= 11 is 0. The minimum atomic E-state index is -1.58. The highest BCUT2D eigenvalue weighted by atomic mass is 16.4. The molecule has 40 heavy (non-hydrogen) atoms. The van der Waals surface area contributed by atoms with Crippen LogP contribution in [0.25, 0.3) is 0 Å². The number of amides is 4. The molecule has 0 saturated carbocycles. The average Bonchev–Trinajstić information content (AvgIpc) is 2.90. The number of phenols is 1. The molecule has 0 heterocycles. The number of hydrogen-bond donors (Lipinski definition) is 8. The molecule has 4 amide bonds. The van der Waals surface area contributed by atoms with E-state index in [4.69, 9.17) is 11.5 Å². The maximum atomic E-state index is 13.1. The van der Waals surface area contributed by atoms with Gasteiger partial charge in [-0.2, -0.15) is 0 Å². The molecule has 0 saturated heterocycles. The lowest BCUT2D eigenvalue weighted by Crippen LogP contribution is -2.60. The van der Waals surface area contributed by atoms with E-state index >= 15 is 0 Å². The molecule has 13 heteroatoms. The summed E-state index contributed by atoms with van der Waals surface area (Å²) in [5, 5.41) is 36.3. The molecule has 0 aliphatic carbocycles. The van der Waals surface area contributed by atoms with Gasteiger partial charge in [-0.3, -0.25) is 19.2 Å². The zero-order valence-electron chi connectivity index (χ0n) is 21.9. The van der Waals surface area contributed by atoms with Gasteiger partial charge in [0.15, 0.2) is 0 Å². The molecule has 0 unspecified atom stereocenters. The second kappa shape index (κ2) is 15.2. The first-order valence-electron chi connectivity index (χ1n) is 12.5. The molecular weight excluding hydrogens is 522 g/mol. The first kappa shape index (κ1) is 31.7. The SMILES string of the molecule is C[C@@H](O)[C@H](NC(=O)[C@H](CCC(N)=O)NC(=O)[C@@H](N)Cc1ccc(O)cc1)C(=O)N[C@@H](Cc1ccccc1)C(=O)O. The van der Waals surface area contributed by atoms with Crippen LogP contribution in [0.3, 0.4) is 0 Å². The molecule has 0 aromatic heterocycles. The normalized spacial score (nSPS) is 14.6. The van der Waals surface area contributed by atoms with Crippen LogP contribution in [0.5, 0.6) is 5.75 Å². The highest BCUT2D eigenvalue weighted by Gasteiger charge is 2.33. The van der Waals surface area contributed by atoms with Gasteiger partial charge in [-0.1, -0.05) is 42.5 Å². The first-order valence-corrected chi connectivity index (χ1v) is 12.5. The third kappa shape index (κ3) is 10.3. The van der Waals surface area contributed by atoms with E-state index in [-0.39, 0.29) is 31.4 Å². The minimum Gasteiger partial charge on any atom is -0.508 e. The first-order chi connectivity index (χ1) is 18.9. The quantitative estimate of drug-likeness (QED) is 0.130. The molecule has 216 valence electrons. The van der Waals surface area contributed by atoms with E-state index in [0.717, 1.165) is 0 Å². The molecule has 2 aromatic carbocycles. The van der Waals surface area contributed by atoms with Crippen LogP contribution in [0, 0.1) is 0 Å². The second-order valence-electron chi connectivity index (χ2n) is 9.36. The number of nitrogens with two attached hydrogens (primary N) is 2. The van der Waals surface area contributed by atoms with Gasteiger partial charge in [0.1, 0.15) is 23.9 Å². The van der Waals surface area contributed by atoms with Crippen molar-refractivity contribution in [1.29, 1.82) is 0 Å². The van der Waals surface area contributed by atoms with E-state index < -0.39 is 59.9 Å². The highest BCUT2D eigenvalue weighted by Crippen LogP contribution is 2.11. The molecule has 0 spiro atoms. The Morgan fingerprint density at radius 1 is 0.800 bits per heavy atom. The number of rotatable bonds is 15. The molecule has 10 N–H and O–H groups in total. The standard InChI is InChI=1S/C27H35N5O8/c1-15(33)23(26(38)31-21(27(39)40)14-16-5-3-2-4-6-16)32-25(37)20(11-12-22(29)35)30-24(36)19(28)13-17-7-9-18(34)10-8-17/h2-10,15,19-21,23,33-34H,11-14,28H2,1H3,(H2,29,35)(H,30,36)(H,31,38)(H,32,37)(H,39,40)/t15-,19+,20+,21+,23+/m1/s1. The lowest BCUT2D eigenvalue weighted by molar-refractivity contribution is -0.143. The monoisotopic (exact) mass is 557 g/mol. The fraction of sp³-hybridized carbons (Fsp3) is 0.370. The summed E-state index contributed by atoms with van der Waals surface area (Å²) in [6.45, 7) is 1.22. The van der Waals surface area contributed by atoms with Crippen LogP contribution >= 0.6 is 0 Å². The largest absolute Gasteiger partial charge is 0.508 e. The minimum absolute atomic E-state index is 0.0383. The van der Waals surface area contributed by atoms with Gasteiger partial charge in [-0.15, -0.1) is 0 Å². The fourth-order valence-corrected chi connectivity index (χ4v) is 3.78. The predicted molar refractivity (Wildman–Crippen MR) is 143 cm³/mol. The summed E-state index contributed by atoms with van der Waals surface area (Å²) < 4.78 is 0. The highest BCUT2D eigenvalue weighted by molar-refractivity contribution is 5.94. The predicted octanol–water partition coefficient (Wildman–Crippen LogP) is -1.31. The van der Waals surface area contributed by atoms with Gasteiger partial charge in [0.2, 0.25) is 23.6 Å². The van der Waals surface area contributed by atoms with Crippen molar-refractivity contribution in [3.05, 3.63) is 65.7 Å². The Hall–Kier alpha value is -4.49. The van der Waals surface area contributed by atoms with Gasteiger partial charge in [0, 0.05) is 12.8 Å². The third-order valence-electron chi connectivity index (χ3n) is 6.00. The van der Waals surface area contributed by atoms with E-state index in [2.05, 4.69) is 16.0 Å². The van der Waals surface area contributed by atoms with Gasteiger partial charge in [-0.25, -0.2) is 4.79 Å². The molecule has 13 nitrogen and oxygen atoms in total. The van der Waals surface area contributed by atoms with Crippen molar-refractivity contribution < 1.29 is 39.3 Å². The molecule has 0 radical (unpaired) electrons. The van der Waals surface area contributed by atoms with Gasteiger partial charge >= 0.3 is 5.97 Å². The molecule has 2 aromatic rings. The summed E-state index contributed by atoms with van der Waals surface area (Å²) in [5.41, 5.74) is 12.5. The van der Waals surface area contributed by atoms with Gasteiger partial charge in [-0.05, 0) is 43.0 Å². The van der Waals surface area contributed by atoms with Crippen LogP contribution in [0.15, 0.2) is 54.6 Å². The van der Waals surface area contributed by atoms with Crippen molar-refractivity contribution in [3.8, 4) is 5.75 Å². The third-order valence-corrected chi connectivity index (χ3v) is 6.00. The van der Waals surface area contributed by atoms with Crippen molar-refractivity contribution in [2.24, 2.45) is 11.5 Å². The number of aliphatic hydroxyl groups is 1. The van der Waals surface area contributed by atoms with Crippen LogP contribution in [-0.4, -0.2) is 75.2 Å². The van der Waals surface area contributed by atoms with Crippen LogP contribution in [-0.2, 0) is 36.8 Å². The number of benzene rings is 2. The van der Waals surface area contributed by atoms with Crippen molar-refractivity contribution in [2.45, 2.75) is 62.9 Å². The average molecular weight is 558 g/mol. The van der Waals surface area contributed by atoms with Crippen LogP contribution in [0.4, 0.5) is 0 Å². The molecular formula is C27H35N5O8. The second-order valence-corrected chi connectivity index (χ2v) is 9.36. The number of carbonyl (C=O) groups excluding carboxylic acids is 4. The van der Waals surface area contributed by atoms with E-state index in [1.807, 2.05) is 0 Å².